The number of ether oxygens (including phenoxy) is 2. The van der Waals surface area contributed by atoms with E-state index in [9.17, 15) is 4.79 Å². The molecule has 0 bridgehead atoms. The lowest BCUT2D eigenvalue weighted by molar-refractivity contribution is -0.132. The minimum atomic E-state index is -1.08. The highest BCUT2D eigenvalue weighted by Gasteiger charge is 2.09. The van der Waals surface area contributed by atoms with Gasteiger partial charge in [-0.15, -0.1) is 0 Å². The maximum absolute atomic E-state index is 10.6. The molecule has 0 saturated carbocycles. The first-order chi connectivity index (χ1) is 7.56. The zero-order chi connectivity index (χ0) is 12.6. The largest absolute Gasteiger partial charge is 0.493 e. The first-order valence-electron chi connectivity index (χ1n) is 5.04. The van der Waals surface area contributed by atoms with E-state index >= 15 is 0 Å². The molecule has 4 nitrogen and oxygen atoms in total. The Morgan fingerprint density at radius 2 is 2.06 bits per heavy atom. The van der Waals surface area contributed by atoms with Crippen molar-refractivity contribution in [3.05, 3.63) is 35.8 Å². The van der Waals surface area contributed by atoms with Crippen LogP contribution in [-0.4, -0.2) is 24.8 Å². The van der Waals surface area contributed by atoms with Crippen LogP contribution < -0.4 is 0 Å². The topological polar surface area (TPSA) is 55.8 Å². The summed E-state index contributed by atoms with van der Waals surface area (Å²) in [4.78, 5) is 10.6. The minimum Gasteiger partial charge on any atom is -0.493 e. The van der Waals surface area contributed by atoms with Gasteiger partial charge in [-0.1, -0.05) is 13.5 Å². The van der Waals surface area contributed by atoms with Crippen molar-refractivity contribution in [1.82, 2.24) is 0 Å². The molecular weight excluding hydrogens is 208 g/mol. The Kier molecular flexibility index (Phi) is 6.76. The smallest absolute Gasteiger partial charge is 0.335 e. The highest BCUT2D eigenvalue weighted by molar-refractivity contribution is 5.89. The molecule has 0 aliphatic carbocycles. The molecule has 0 rings (SSSR count). The summed E-state index contributed by atoms with van der Waals surface area (Å²) < 4.78 is 10.5. The third-order valence-corrected chi connectivity index (χ3v) is 1.77. The van der Waals surface area contributed by atoms with Crippen molar-refractivity contribution in [2.75, 3.05) is 13.7 Å². The number of allylic oxidation sites excluding steroid dienone is 1. The lowest BCUT2D eigenvalue weighted by Crippen LogP contribution is -2.03. The van der Waals surface area contributed by atoms with Crippen LogP contribution in [-0.2, 0) is 14.3 Å². The zero-order valence-corrected chi connectivity index (χ0v) is 9.95. The summed E-state index contributed by atoms with van der Waals surface area (Å²) in [5, 5.41) is 8.70. The fourth-order valence-electron chi connectivity index (χ4n) is 0.959. The van der Waals surface area contributed by atoms with Crippen molar-refractivity contribution >= 4 is 5.97 Å². The van der Waals surface area contributed by atoms with E-state index in [2.05, 4.69) is 6.58 Å². The Balaban J connectivity index is 4.81. The Hall–Kier alpha value is -1.71. The summed E-state index contributed by atoms with van der Waals surface area (Å²) in [7, 11) is 1.46. The van der Waals surface area contributed by atoms with Gasteiger partial charge in [0, 0.05) is 0 Å². The van der Waals surface area contributed by atoms with E-state index in [4.69, 9.17) is 14.6 Å². The van der Waals surface area contributed by atoms with Crippen LogP contribution in [0, 0.1) is 0 Å². The van der Waals surface area contributed by atoms with E-state index in [1.54, 1.807) is 13.0 Å². The fraction of sp³-hybridized carbons (Fsp3) is 0.417. The van der Waals surface area contributed by atoms with Crippen molar-refractivity contribution in [2.24, 2.45) is 0 Å². The van der Waals surface area contributed by atoms with Gasteiger partial charge in [-0.25, -0.2) is 4.79 Å². The van der Waals surface area contributed by atoms with Gasteiger partial charge in [-0.05, 0) is 25.5 Å². The molecule has 90 valence electrons. The number of rotatable bonds is 7. The standard InChI is InChI=1S/C12H18O4/c1-5-7-16-10(6-2)11(15-4)8-9(3)12(13)14/h6,8H,3,5,7H2,1-2,4H3,(H,13,14)/b10-6+,11-8+. The quantitative estimate of drug-likeness (QED) is 0.411. The van der Waals surface area contributed by atoms with E-state index in [0.29, 0.717) is 18.1 Å². The molecule has 0 aliphatic rings. The molecule has 1 N–H and O–H groups in total. The number of aliphatic carboxylic acids is 1. The van der Waals surface area contributed by atoms with E-state index < -0.39 is 5.97 Å². The molecule has 0 unspecified atom stereocenters. The first kappa shape index (κ1) is 14.3. The SMILES string of the molecule is C=C(/C=C(OC)\C(=C/C)OCCC)C(=O)O. The molecule has 0 heterocycles. The van der Waals surface area contributed by atoms with Crippen molar-refractivity contribution < 1.29 is 19.4 Å². The third-order valence-electron chi connectivity index (χ3n) is 1.77. The van der Waals surface area contributed by atoms with Gasteiger partial charge in [0.15, 0.2) is 11.5 Å². The number of hydrogen-bond acceptors (Lipinski definition) is 3. The molecule has 0 fully saturated rings. The predicted octanol–water partition coefficient (Wildman–Crippen LogP) is 2.49. The summed E-state index contributed by atoms with van der Waals surface area (Å²) >= 11 is 0. The molecule has 0 aromatic carbocycles. The van der Waals surface area contributed by atoms with Gasteiger partial charge < -0.3 is 14.6 Å². The fourth-order valence-corrected chi connectivity index (χ4v) is 0.959. The monoisotopic (exact) mass is 226 g/mol. The van der Waals surface area contributed by atoms with E-state index in [0.717, 1.165) is 6.42 Å². The average molecular weight is 226 g/mol. The summed E-state index contributed by atoms with van der Waals surface area (Å²) in [5.41, 5.74) is -0.0451. The second-order valence-electron chi connectivity index (χ2n) is 3.04. The number of methoxy groups -OCH3 is 1. The molecule has 0 aliphatic heterocycles. The number of carboxylic acids is 1. The minimum absolute atomic E-state index is 0.0451. The normalized spacial score (nSPS) is 12.2. The Bertz CT molecular complexity index is 313. The molecule has 0 aromatic rings. The molecule has 0 atom stereocenters. The Labute approximate surface area is 95.9 Å². The molecule has 0 amide bonds. The lowest BCUT2D eigenvalue weighted by Gasteiger charge is -2.12. The van der Waals surface area contributed by atoms with Gasteiger partial charge in [0.25, 0.3) is 0 Å². The van der Waals surface area contributed by atoms with Gasteiger partial charge in [0.05, 0.1) is 19.3 Å². The van der Waals surface area contributed by atoms with Gasteiger partial charge >= 0.3 is 5.97 Å². The van der Waals surface area contributed by atoms with Crippen molar-refractivity contribution in [3.63, 3.8) is 0 Å². The van der Waals surface area contributed by atoms with Crippen LogP contribution in [0.4, 0.5) is 0 Å². The van der Waals surface area contributed by atoms with Crippen LogP contribution in [0.1, 0.15) is 20.3 Å². The molecular formula is C12H18O4. The second-order valence-corrected chi connectivity index (χ2v) is 3.04. The molecule has 4 heteroatoms. The summed E-state index contributed by atoms with van der Waals surface area (Å²) in [6, 6.07) is 0. The summed E-state index contributed by atoms with van der Waals surface area (Å²) in [5.74, 6) is -0.199. The van der Waals surface area contributed by atoms with Gasteiger partial charge in [0.2, 0.25) is 0 Å². The number of carboxylic acid groups (broad SMARTS) is 1. The van der Waals surface area contributed by atoms with Gasteiger partial charge in [-0.3, -0.25) is 0 Å². The molecule has 16 heavy (non-hydrogen) atoms. The molecule has 0 spiro atoms. The zero-order valence-electron chi connectivity index (χ0n) is 9.95. The van der Waals surface area contributed by atoms with E-state index in [1.807, 2.05) is 6.92 Å². The summed E-state index contributed by atoms with van der Waals surface area (Å²) in [6.07, 6.45) is 3.93. The second kappa shape index (κ2) is 7.56. The predicted molar refractivity (Wildman–Crippen MR) is 61.9 cm³/mol. The van der Waals surface area contributed by atoms with Crippen LogP contribution >= 0.6 is 0 Å². The number of carbonyl (C=O) groups is 1. The first-order valence-corrected chi connectivity index (χ1v) is 5.04. The summed E-state index contributed by atoms with van der Waals surface area (Å²) in [6.45, 7) is 7.73. The average Bonchev–Trinajstić information content (AvgIpc) is 2.27. The van der Waals surface area contributed by atoms with Crippen LogP contribution in [0.2, 0.25) is 0 Å². The van der Waals surface area contributed by atoms with Crippen LogP contribution in [0.25, 0.3) is 0 Å². The highest BCUT2D eigenvalue weighted by atomic mass is 16.5. The maximum atomic E-state index is 10.6. The molecule has 0 aromatic heterocycles. The maximum Gasteiger partial charge on any atom is 0.335 e. The number of hydrogen-bond donors (Lipinski definition) is 1. The molecule has 0 radical (unpaired) electrons. The van der Waals surface area contributed by atoms with Crippen molar-refractivity contribution in [3.8, 4) is 0 Å². The van der Waals surface area contributed by atoms with Crippen molar-refractivity contribution in [2.45, 2.75) is 20.3 Å². The Morgan fingerprint density at radius 1 is 1.44 bits per heavy atom. The van der Waals surface area contributed by atoms with Crippen LogP contribution in [0.5, 0.6) is 0 Å². The van der Waals surface area contributed by atoms with E-state index in [1.165, 1.54) is 13.2 Å². The van der Waals surface area contributed by atoms with E-state index in [-0.39, 0.29) is 5.57 Å². The van der Waals surface area contributed by atoms with Crippen LogP contribution in [0.3, 0.4) is 0 Å². The van der Waals surface area contributed by atoms with Crippen LogP contribution in [0.15, 0.2) is 35.8 Å². The lowest BCUT2D eigenvalue weighted by atomic mass is 10.2. The molecule has 0 saturated heterocycles. The van der Waals surface area contributed by atoms with Gasteiger partial charge in [0.1, 0.15) is 0 Å². The van der Waals surface area contributed by atoms with Crippen molar-refractivity contribution in [1.29, 1.82) is 0 Å². The third kappa shape index (κ3) is 4.68. The highest BCUT2D eigenvalue weighted by Crippen LogP contribution is 2.15. The Morgan fingerprint density at radius 3 is 2.44 bits per heavy atom. The van der Waals surface area contributed by atoms with Gasteiger partial charge in [-0.2, -0.15) is 0 Å².